The van der Waals surface area contributed by atoms with Gasteiger partial charge in [-0.15, -0.1) is 0 Å². The van der Waals surface area contributed by atoms with Gasteiger partial charge in [-0.2, -0.15) is 0 Å². The largest absolute Gasteiger partial charge is 0.391 e. The number of hydrogen-bond acceptors (Lipinski definition) is 4. The van der Waals surface area contributed by atoms with Crippen LogP contribution in [0.1, 0.15) is 38.2 Å². The van der Waals surface area contributed by atoms with E-state index in [1.165, 1.54) is 5.56 Å². The standard InChI is InChI=1S/C21H26N2O3/c1-15-17(7-8-18(15)24)23-12-10-21(20(23)26)9-11-22(14-19(21)25)13-16-5-3-2-4-6-16/h2-6,19,25H,7-14H2,1H3. The lowest BCUT2D eigenvalue weighted by Crippen LogP contribution is -2.54. The lowest BCUT2D eigenvalue weighted by Gasteiger charge is -2.42. The molecule has 1 spiro atoms. The summed E-state index contributed by atoms with van der Waals surface area (Å²) in [5.41, 5.74) is 2.16. The summed E-state index contributed by atoms with van der Waals surface area (Å²) in [7, 11) is 0. The highest BCUT2D eigenvalue weighted by Gasteiger charge is 2.54. The first-order chi connectivity index (χ1) is 12.5. The van der Waals surface area contributed by atoms with Gasteiger partial charge in [-0.25, -0.2) is 0 Å². The zero-order valence-electron chi connectivity index (χ0n) is 15.3. The van der Waals surface area contributed by atoms with Crippen molar-refractivity contribution < 1.29 is 14.7 Å². The molecule has 1 amide bonds. The van der Waals surface area contributed by atoms with Crippen LogP contribution in [0.5, 0.6) is 0 Å². The summed E-state index contributed by atoms with van der Waals surface area (Å²) in [5.74, 6) is 0.167. The van der Waals surface area contributed by atoms with Crippen molar-refractivity contribution in [1.29, 1.82) is 0 Å². The summed E-state index contributed by atoms with van der Waals surface area (Å²) in [4.78, 5) is 29.1. The number of carbonyl (C=O) groups is 2. The molecule has 0 radical (unpaired) electrons. The monoisotopic (exact) mass is 354 g/mol. The summed E-state index contributed by atoms with van der Waals surface area (Å²) in [5, 5.41) is 10.9. The molecular formula is C21H26N2O3. The van der Waals surface area contributed by atoms with E-state index in [4.69, 9.17) is 0 Å². The molecule has 5 nitrogen and oxygen atoms in total. The second-order valence-corrected chi connectivity index (χ2v) is 7.84. The van der Waals surface area contributed by atoms with Crippen molar-refractivity contribution >= 4 is 11.7 Å². The fourth-order valence-electron chi connectivity index (χ4n) is 4.71. The summed E-state index contributed by atoms with van der Waals surface area (Å²) < 4.78 is 0. The molecule has 1 aliphatic carbocycles. The number of piperidine rings is 1. The van der Waals surface area contributed by atoms with Crippen molar-refractivity contribution in [2.24, 2.45) is 5.41 Å². The van der Waals surface area contributed by atoms with E-state index in [9.17, 15) is 14.7 Å². The molecule has 4 rings (SSSR count). The lowest BCUT2D eigenvalue weighted by molar-refractivity contribution is -0.145. The first kappa shape index (κ1) is 17.4. The van der Waals surface area contributed by atoms with Gasteiger partial charge in [-0.1, -0.05) is 30.3 Å². The first-order valence-corrected chi connectivity index (χ1v) is 9.50. The van der Waals surface area contributed by atoms with Crippen molar-refractivity contribution in [3.63, 3.8) is 0 Å². The van der Waals surface area contributed by atoms with Crippen molar-refractivity contribution in [3.05, 3.63) is 47.2 Å². The van der Waals surface area contributed by atoms with Crippen molar-refractivity contribution in [1.82, 2.24) is 9.80 Å². The predicted octanol–water partition coefficient (Wildman–Crippen LogP) is 2.11. The molecule has 26 heavy (non-hydrogen) atoms. The van der Waals surface area contributed by atoms with Gasteiger partial charge in [0.25, 0.3) is 0 Å². The highest BCUT2D eigenvalue weighted by Crippen LogP contribution is 2.44. The average molecular weight is 354 g/mol. The molecular weight excluding hydrogens is 328 g/mol. The molecule has 2 saturated heterocycles. The Labute approximate surface area is 154 Å². The second-order valence-electron chi connectivity index (χ2n) is 7.84. The quantitative estimate of drug-likeness (QED) is 0.903. The number of aliphatic hydroxyl groups excluding tert-OH is 1. The number of ketones is 1. The van der Waals surface area contributed by atoms with Crippen LogP contribution in [0.2, 0.25) is 0 Å². The lowest BCUT2D eigenvalue weighted by atomic mass is 9.74. The number of amides is 1. The van der Waals surface area contributed by atoms with E-state index in [1.54, 1.807) is 4.90 Å². The predicted molar refractivity (Wildman–Crippen MR) is 98.0 cm³/mol. The topological polar surface area (TPSA) is 60.9 Å². The Balaban J connectivity index is 1.47. The fraction of sp³-hybridized carbons (Fsp3) is 0.524. The van der Waals surface area contributed by atoms with Gasteiger partial charge >= 0.3 is 0 Å². The maximum Gasteiger partial charge on any atom is 0.235 e. The zero-order chi connectivity index (χ0) is 18.3. The Morgan fingerprint density at radius 3 is 2.50 bits per heavy atom. The third-order valence-corrected chi connectivity index (χ3v) is 6.41. The first-order valence-electron chi connectivity index (χ1n) is 9.50. The molecule has 1 aromatic rings. The molecule has 3 aliphatic rings. The highest BCUT2D eigenvalue weighted by atomic mass is 16.3. The van der Waals surface area contributed by atoms with Gasteiger partial charge in [0.1, 0.15) is 0 Å². The van der Waals surface area contributed by atoms with Gasteiger partial charge in [0, 0.05) is 37.3 Å². The van der Waals surface area contributed by atoms with Crippen LogP contribution in [0.25, 0.3) is 0 Å². The normalized spacial score (nSPS) is 30.1. The van der Waals surface area contributed by atoms with Crippen LogP contribution in [0, 0.1) is 5.41 Å². The number of Topliss-reactive ketones (excluding diaryl/α,β-unsaturated/α-hetero) is 1. The summed E-state index contributed by atoms with van der Waals surface area (Å²) in [6.45, 7) is 4.56. The third-order valence-electron chi connectivity index (χ3n) is 6.41. The van der Waals surface area contributed by atoms with E-state index in [-0.39, 0.29) is 11.7 Å². The van der Waals surface area contributed by atoms with Crippen LogP contribution in [-0.4, -0.2) is 52.3 Å². The Morgan fingerprint density at radius 1 is 1.12 bits per heavy atom. The van der Waals surface area contributed by atoms with E-state index in [0.717, 1.165) is 24.4 Å². The van der Waals surface area contributed by atoms with E-state index in [1.807, 2.05) is 25.1 Å². The van der Waals surface area contributed by atoms with Crippen molar-refractivity contribution in [2.45, 2.75) is 45.3 Å². The van der Waals surface area contributed by atoms with Gasteiger partial charge in [-0.3, -0.25) is 14.5 Å². The third kappa shape index (κ3) is 2.79. The van der Waals surface area contributed by atoms with Gasteiger partial charge in [0.05, 0.1) is 11.5 Å². The number of carbonyl (C=O) groups excluding carboxylic acids is 2. The molecule has 2 fully saturated rings. The number of aliphatic hydroxyl groups is 1. The maximum absolute atomic E-state index is 13.2. The molecule has 2 heterocycles. The molecule has 0 aromatic heterocycles. The van der Waals surface area contributed by atoms with Crippen LogP contribution in [0.3, 0.4) is 0 Å². The minimum absolute atomic E-state index is 0.0217. The Bertz CT molecular complexity index is 758. The number of rotatable bonds is 3. The minimum atomic E-state index is -0.674. The Hall–Kier alpha value is -1.98. The van der Waals surface area contributed by atoms with Gasteiger partial charge in [-0.05, 0) is 38.3 Å². The number of β-amino-alcohol motifs (C(OH)–C–C–N with tert-alkyl or cyclic N) is 1. The van der Waals surface area contributed by atoms with Crippen LogP contribution in [-0.2, 0) is 16.1 Å². The van der Waals surface area contributed by atoms with Crippen LogP contribution >= 0.6 is 0 Å². The maximum atomic E-state index is 13.2. The van der Waals surface area contributed by atoms with E-state index in [0.29, 0.717) is 38.8 Å². The molecule has 0 saturated carbocycles. The molecule has 1 N–H and O–H groups in total. The molecule has 138 valence electrons. The van der Waals surface area contributed by atoms with E-state index in [2.05, 4.69) is 17.0 Å². The molecule has 1 aromatic carbocycles. The molecule has 2 aliphatic heterocycles. The summed E-state index contributed by atoms with van der Waals surface area (Å²) in [6.07, 6.45) is 1.86. The SMILES string of the molecule is CC1=C(N2CCC3(CCN(Cc4ccccc4)CC3O)C2=O)CCC1=O. The van der Waals surface area contributed by atoms with Gasteiger partial charge in [0.15, 0.2) is 5.78 Å². The number of benzene rings is 1. The average Bonchev–Trinajstić information content (AvgIpc) is 3.14. The van der Waals surface area contributed by atoms with Crippen LogP contribution < -0.4 is 0 Å². The van der Waals surface area contributed by atoms with E-state index < -0.39 is 11.5 Å². The summed E-state index contributed by atoms with van der Waals surface area (Å²) in [6, 6.07) is 10.2. The number of nitrogens with zero attached hydrogens (tertiary/aromatic N) is 2. The van der Waals surface area contributed by atoms with Crippen molar-refractivity contribution in [3.8, 4) is 0 Å². The number of likely N-dealkylation sites (tertiary alicyclic amines) is 2. The Kier molecular flexibility index (Phi) is 4.45. The molecule has 2 unspecified atom stereocenters. The molecule has 2 atom stereocenters. The number of allylic oxidation sites excluding steroid dienone is 2. The molecule has 5 heteroatoms. The van der Waals surface area contributed by atoms with Gasteiger partial charge in [0.2, 0.25) is 5.91 Å². The number of hydrogen-bond donors (Lipinski definition) is 1. The highest BCUT2D eigenvalue weighted by molar-refractivity contribution is 5.99. The van der Waals surface area contributed by atoms with Crippen molar-refractivity contribution in [2.75, 3.05) is 19.6 Å². The fourth-order valence-corrected chi connectivity index (χ4v) is 4.71. The smallest absolute Gasteiger partial charge is 0.235 e. The Morgan fingerprint density at radius 2 is 1.85 bits per heavy atom. The van der Waals surface area contributed by atoms with E-state index >= 15 is 0 Å². The van der Waals surface area contributed by atoms with Crippen LogP contribution in [0.4, 0.5) is 0 Å². The van der Waals surface area contributed by atoms with Crippen LogP contribution in [0.15, 0.2) is 41.6 Å². The van der Waals surface area contributed by atoms with Gasteiger partial charge < -0.3 is 10.0 Å². The zero-order valence-corrected chi connectivity index (χ0v) is 15.3. The molecule has 0 bridgehead atoms. The minimum Gasteiger partial charge on any atom is -0.391 e. The summed E-state index contributed by atoms with van der Waals surface area (Å²) >= 11 is 0. The second kappa shape index (κ2) is 6.63.